The fourth-order valence-corrected chi connectivity index (χ4v) is 1.88. The van der Waals surface area contributed by atoms with Crippen LogP contribution >= 0.6 is 23.2 Å². The molecule has 0 aliphatic heterocycles. The Morgan fingerprint density at radius 2 is 1.65 bits per heavy atom. The smallest absolute Gasteiger partial charge is 0.146 e. The average Bonchev–Trinajstić information content (AvgIpc) is 2.33. The molecule has 4 heteroatoms. The minimum absolute atomic E-state index is 0.128. The van der Waals surface area contributed by atoms with E-state index in [2.05, 4.69) is 5.32 Å². The molecule has 0 fully saturated rings. The normalized spacial score (nSPS) is 10.3. The minimum Gasteiger partial charge on any atom is -0.380 e. The number of hydrogen-bond donors (Lipinski definition) is 1. The standard InChI is InChI=1S/C13H10Cl2FN/c14-10-5-1-2-7-12(10)17-8-9-4-3-6-11(15)13(9)16/h1-7,17H,8H2. The van der Waals surface area contributed by atoms with Crippen LogP contribution in [0, 0.1) is 5.82 Å². The number of halogens is 3. The van der Waals surface area contributed by atoms with Crippen molar-refractivity contribution in [2.75, 3.05) is 5.32 Å². The van der Waals surface area contributed by atoms with E-state index in [0.717, 1.165) is 5.69 Å². The van der Waals surface area contributed by atoms with Crippen molar-refractivity contribution in [1.29, 1.82) is 0 Å². The Hall–Kier alpha value is -1.25. The topological polar surface area (TPSA) is 12.0 Å². The third-order valence-corrected chi connectivity index (χ3v) is 3.00. The Kier molecular flexibility index (Phi) is 3.87. The highest BCUT2D eigenvalue weighted by Crippen LogP contribution is 2.23. The van der Waals surface area contributed by atoms with E-state index in [-0.39, 0.29) is 5.02 Å². The van der Waals surface area contributed by atoms with Crippen LogP contribution in [0.25, 0.3) is 0 Å². The van der Waals surface area contributed by atoms with Gasteiger partial charge in [-0.05, 0) is 18.2 Å². The Bertz CT molecular complexity index is 529. The van der Waals surface area contributed by atoms with Crippen LogP contribution in [0.2, 0.25) is 10.0 Å². The number of para-hydroxylation sites is 1. The molecule has 2 aromatic carbocycles. The lowest BCUT2D eigenvalue weighted by molar-refractivity contribution is 0.613. The van der Waals surface area contributed by atoms with Crippen molar-refractivity contribution in [2.24, 2.45) is 0 Å². The largest absolute Gasteiger partial charge is 0.380 e. The third-order valence-electron chi connectivity index (χ3n) is 2.37. The van der Waals surface area contributed by atoms with Gasteiger partial charge in [0, 0.05) is 12.1 Å². The second-order valence-electron chi connectivity index (χ2n) is 3.55. The van der Waals surface area contributed by atoms with Crippen LogP contribution in [-0.2, 0) is 6.54 Å². The van der Waals surface area contributed by atoms with Crippen LogP contribution in [0.15, 0.2) is 42.5 Å². The summed E-state index contributed by atoms with van der Waals surface area (Å²) in [5.41, 5.74) is 1.28. The van der Waals surface area contributed by atoms with Gasteiger partial charge in [-0.25, -0.2) is 4.39 Å². The van der Waals surface area contributed by atoms with Crippen molar-refractivity contribution in [3.05, 3.63) is 63.9 Å². The zero-order valence-electron chi connectivity index (χ0n) is 8.88. The van der Waals surface area contributed by atoms with Crippen LogP contribution in [0.1, 0.15) is 5.56 Å². The first-order chi connectivity index (χ1) is 8.18. The molecule has 88 valence electrons. The van der Waals surface area contributed by atoms with Gasteiger partial charge in [0.15, 0.2) is 0 Å². The average molecular weight is 270 g/mol. The zero-order chi connectivity index (χ0) is 12.3. The predicted octanol–water partition coefficient (Wildman–Crippen LogP) is 4.74. The first-order valence-electron chi connectivity index (χ1n) is 5.10. The summed E-state index contributed by atoms with van der Waals surface area (Å²) in [4.78, 5) is 0. The zero-order valence-corrected chi connectivity index (χ0v) is 10.4. The lowest BCUT2D eigenvalue weighted by Gasteiger charge is -2.09. The molecule has 0 amide bonds. The van der Waals surface area contributed by atoms with Crippen LogP contribution in [0.3, 0.4) is 0 Å². The molecule has 1 N–H and O–H groups in total. The molecule has 0 bridgehead atoms. The summed E-state index contributed by atoms with van der Waals surface area (Å²) in [5, 5.41) is 3.80. The summed E-state index contributed by atoms with van der Waals surface area (Å²) in [7, 11) is 0. The molecule has 2 rings (SSSR count). The van der Waals surface area contributed by atoms with E-state index in [4.69, 9.17) is 23.2 Å². The highest BCUT2D eigenvalue weighted by molar-refractivity contribution is 6.33. The van der Waals surface area contributed by atoms with Gasteiger partial charge in [-0.2, -0.15) is 0 Å². The van der Waals surface area contributed by atoms with Gasteiger partial charge in [0.25, 0.3) is 0 Å². The molecule has 0 aliphatic rings. The molecule has 0 aromatic heterocycles. The van der Waals surface area contributed by atoms with E-state index in [0.29, 0.717) is 17.1 Å². The fraction of sp³-hybridized carbons (Fsp3) is 0.0769. The molecular formula is C13H10Cl2FN. The van der Waals surface area contributed by atoms with Crippen LogP contribution < -0.4 is 5.32 Å². The second kappa shape index (κ2) is 5.39. The van der Waals surface area contributed by atoms with Crippen molar-refractivity contribution in [2.45, 2.75) is 6.54 Å². The van der Waals surface area contributed by atoms with Crippen molar-refractivity contribution in [3.63, 3.8) is 0 Å². The SMILES string of the molecule is Fc1c(Cl)cccc1CNc1ccccc1Cl. The second-order valence-corrected chi connectivity index (χ2v) is 4.36. The van der Waals surface area contributed by atoms with E-state index in [1.165, 1.54) is 6.07 Å². The summed E-state index contributed by atoms with van der Waals surface area (Å²) in [5.74, 6) is -0.395. The molecule has 0 radical (unpaired) electrons. The Balaban J connectivity index is 2.13. The fourth-order valence-electron chi connectivity index (χ4n) is 1.48. The molecule has 17 heavy (non-hydrogen) atoms. The first kappa shape index (κ1) is 12.2. The molecule has 0 saturated carbocycles. The van der Waals surface area contributed by atoms with E-state index in [1.807, 2.05) is 18.2 Å². The Morgan fingerprint density at radius 3 is 2.41 bits per heavy atom. The molecule has 0 atom stereocenters. The van der Waals surface area contributed by atoms with Crippen molar-refractivity contribution in [3.8, 4) is 0 Å². The summed E-state index contributed by atoms with van der Waals surface area (Å²) >= 11 is 11.7. The molecule has 0 spiro atoms. The lowest BCUT2D eigenvalue weighted by atomic mass is 10.2. The van der Waals surface area contributed by atoms with Crippen molar-refractivity contribution >= 4 is 28.9 Å². The van der Waals surface area contributed by atoms with Crippen LogP contribution in [-0.4, -0.2) is 0 Å². The number of benzene rings is 2. The number of nitrogens with one attached hydrogen (secondary N) is 1. The maximum atomic E-state index is 13.6. The van der Waals surface area contributed by atoms with E-state index in [9.17, 15) is 4.39 Å². The molecule has 0 saturated heterocycles. The van der Waals surface area contributed by atoms with Gasteiger partial charge in [-0.15, -0.1) is 0 Å². The molecule has 0 heterocycles. The van der Waals surface area contributed by atoms with Crippen LogP contribution in [0.5, 0.6) is 0 Å². The van der Waals surface area contributed by atoms with Gasteiger partial charge in [0.2, 0.25) is 0 Å². The van der Waals surface area contributed by atoms with Crippen molar-refractivity contribution < 1.29 is 4.39 Å². The van der Waals surface area contributed by atoms with E-state index < -0.39 is 5.82 Å². The maximum absolute atomic E-state index is 13.6. The molecule has 0 aliphatic carbocycles. The number of rotatable bonds is 3. The van der Waals surface area contributed by atoms with Gasteiger partial charge >= 0.3 is 0 Å². The Morgan fingerprint density at radius 1 is 0.941 bits per heavy atom. The first-order valence-corrected chi connectivity index (χ1v) is 5.85. The monoisotopic (exact) mass is 269 g/mol. The quantitative estimate of drug-likeness (QED) is 0.849. The Labute approximate surface area is 109 Å². The lowest BCUT2D eigenvalue weighted by Crippen LogP contribution is -2.02. The van der Waals surface area contributed by atoms with Gasteiger partial charge in [0.05, 0.1) is 15.7 Å². The molecular weight excluding hydrogens is 260 g/mol. The summed E-state index contributed by atoms with van der Waals surface area (Å²) in [6.07, 6.45) is 0. The molecule has 2 aromatic rings. The number of anilines is 1. The number of hydrogen-bond acceptors (Lipinski definition) is 1. The summed E-state index contributed by atoms with van der Waals surface area (Å²) in [6, 6.07) is 12.2. The molecule has 1 nitrogen and oxygen atoms in total. The molecule has 0 unspecified atom stereocenters. The third kappa shape index (κ3) is 2.90. The van der Waals surface area contributed by atoms with Crippen molar-refractivity contribution in [1.82, 2.24) is 0 Å². The highest BCUT2D eigenvalue weighted by Gasteiger charge is 2.06. The van der Waals surface area contributed by atoms with Gasteiger partial charge < -0.3 is 5.32 Å². The summed E-state index contributed by atoms with van der Waals surface area (Å²) in [6.45, 7) is 0.343. The predicted molar refractivity (Wildman–Crippen MR) is 70.2 cm³/mol. The van der Waals surface area contributed by atoms with Gasteiger partial charge in [0.1, 0.15) is 5.82 Å². The van der Waals surface area contributed by atoms with E-state index >= 15 is 0 Å². The highest BCUT2D eigenvalue weighted by atomic mass is 35.5. The van der Waals surface area contributed by atoms with Gasteiger partial charge in [-0.3, -0.25) is 0 Å². The minimum atomic E-state index is -0.395. The van der Waals surface area contributed by atoms with Gasteiger partial charge in [-0.1, -0.05) is 47.5 Å². The maximum Gasteiger partial charge on any atom is 0.146 e. The summed E-state index contributed by atoms with van der Waals surface area (Å²) < 4.78 is 13.6. The van der Waals surface area contributed by atoms with E-state index in [1.54, 1.807) is 18.2 Å². The van der Waals surface area contributed by atoms with Crippen LogP contribution in [0.4, 0.5) is 10.1 Å².